The molecule has 4 aromatic carbocycles. The highest BCUT2D eigenvalue weighted by Gasteiger charge is 2.25. The van der Waals surface area contributed by atoms with Crippen molar-refractivity contribution < 1.29 is 0 Å². The molecule has 0 saturated carbocycles. The maximum Gasteiger partial charge on any atom is 0.102 e. The minimum atomic E-state index is -0.222. The molecule has 6 heteroatoms. The molecular formula is C31H28N6. The number of anilines is 2. The van der Waals surface area contributed by atoms with Gasteiger partial charge in [-0.1, -0.05) is 61.5 Å². The van der Waals surface area contributed by atoms with Gasteiger partial charge in [-0.05, 0) is 62.2 Å². The van der Waals surface area contributed by atoms with Gasteiger partial charge in [-0.3, -0.25) is 0 Å². The Morgan fingerprint density at radius 1 is 0.649 bits per heavy atom. The first-order valence-electron chi connectivity index (χ1n) is 12.5. The molecule has 182 valence electrons. The Morgan fingerprint density at radius 2 is 1.24 bits per heavy atom. The van der Waals surface area contributed by atoms with Crippen LogP contribution in [0.15, 0.2) is 123 Å². The van der Waals surface area contributed by atoms with E-state index >= 15 is 0 Å². The number of fused-ring (bicyclic) bond motifs is 1. The molecule has 1 unspecified atom stereocenters. The lowest BCUT2D eigenvalue weighted by Gasteiger charge is -2.36. The summed E-state index contributed by atoms with van der Waals surface area (Å²) in [6, 6.07) is 22.4. The minimum absolute atomic E-state index is 0.222. The zero-order valence-electron chi connectivity index (χ0n) is 21.1. The Kier molecular flexibility index (Phi) is 5.64. The molecule has 4 aromatic rings. The molecule has 2 N–H and O–H groups in total. The largest absolute Gasteiger partial charge is 0.363 e. The van der Waals surface area contributed by atoms with Gasteiger partial charge in [0.1, 0.15) is 5.66 Å². The van der Waals surface area contributed by atoms with Gasteiger partial charge in [0.25, 0.3) is 0 Å². The van der Waals surface area contributed by atoms with E-state index < -0.39 is 0 Å². The van der Waals surface area contributed by atoms with Crippen LogP contribution in [0.5, 0.6) is 0 Å². The number of azo groups is 2. The SMILES string of the molecule is CC1C=CC=C(N=Nc2ccc(N=Nc3ccc4c5c(cccc35)NC(C)(C)N4)c3ccccc23)C=C1. The fourth-order valence-corrected chi connectivity index (χ4v) is 4.82. The molecule has 1 aliphatic carbocycles. The van der Waals surface area contributed by atoms with E-state index in [1.165, 1.54) is 0 Å². The van der Waals surface area contributed by atoms with E-state index in [0.29, 0.717) is 5.92 Å². The van der Waals surface area contributed by atoms with Crippen LogP contribution < -0.4 is 10.6 Å². The predicted molar refractivity (Wildman–Crippen MR) is 153 cm³/mol. The van der Waals surface area contributed by atoms with E-state index in [4.69, 9.17) is 0 Å². The fourth-order valence-electron chi connectivity index (χ4n) is 4.82. The summed E-state index contributed by atoms with van der Waals surface area (Å²) in [5.41, 5.74) is 5.20. The first kappa shape index (κ1) is 22.9. The fraction of sp³-hybridized carbons (Fsp3) is 0.161. The van der Waals surface area contributed by atoms with E-state index in [1.54, 1.807) is 0 Å². The van der Waals surface area contributed by atoms with Crippen molar-refractivity contribution >= 4 is 50.0 Å². The second-order valence-corrected chi connectivity index (χ2v) is 9.98. The van der Waals surface area contributed by atoms with Gasteiger partial charge in [-0.15, -0.1) is 15.3 Å². The van der Waals surface area contributed by atoms with Crippen LogP contribution in [0.1, 0.15) is 20.8 Å². The number of hydrogen-bond donors (Lipinski definition) is 2. The number of benzene rings is 4. The predicted octanol–water partition coefficient (Wildman–Crippen LogP) is 9.71. The maximum atomic E-state index is 4.69. The summed E-state index contributed by atoms with van der Waals surface area (Å²) in [6.07, 6.45) is 10.2. The van der Waals surface area contributed by atoms with Crippen LogP contribution in [-0.4, -0.2) is 5.66 Å². The third-order valence-corrected chi connectivity index (χ3v) is 6.58. The summed E-state index contributed by atoms with van der Waals surface area (Å²) >= 11 is 0. The Bertz CT molecular complexity index is 1660. The molecule has 2 aliphatic rings. The molecule has 1 heterocycles. The zero-order chi connectivity index (χ0) is 25.4. The van der Waals surface area contributed by atoms with Crippen molar-refractivity contribution in [1.82, 2.24) is 0 Å². The second kappa shape index (κ2) is 9.13. The number of hydrogen-bond acceptors (Lipinski definition) is 6. The van der Waals surface area contributed by atoms with Gasteiger partial charge in [0.2, 0.25) is 0 Å². The van der Waals surface area contributed by atoms with Crippen molar-refractivity contribution in [3.63, 3.8) is 0 Å². The highest BCUT2D eigenvalue weighted by molar-refractivity contribution is 6.09. The summed E-state index contributed by atoms with van der Waals surface area (Å²) in [7, 11) is 0. The third kappa shape index (κ3) is 4.54. The van der Waals surface area contributed by atoms with Crippen molar-refractivity contribution in [2.24, 2.45) is 26.4 Å². The Morgan fingerprint density at radius 3 is 1.97 bits per heavy atom. The van der Waals surface area contributed by atoms with E-state index in [2.05, 4.69) is 88.3 Å². The second-order valence-electron chi connectivity index (χ2n) is 9.98. The van der Waals surface area contributed by atoms with Gasteiger partial charge in [-0.25, -0.2) is 0 Å². The molecule has 0 saturated heterocycles. The van der Waals surface area contributed by atoms with Crippen LogP contribution in [0, 0.1) is 5.92 Å². The number of rotatable bonds is 4. The van der Waals surface area contributed by atoms with Gasteiger partial charge in [0.05, 0.1) is 22.8 Å². The van der Waals surface area contributed by atoms with Crippen LogP contribution in [0.2, 0.25) is 0 Å². The normalized spacial score (nSPS) is 18.2. The van der Waals surface area contributed by atoms with E-state index in [9.17, 15) is 0 Å². The molecule has 1 atom stereocenters. The van der Waals surface area contributed by atoms with Crippen LogP contribution in [0.3, 0.4) is 0 Å². The molecule has 6 nitrogen and oxygen atoms in total. The highest BCUT2D eigenvalue weighted by Crippen LogP contribution is 2.42. The molecule has 0 radical (unpaired) electrons. The average Bonchev–Trinajstić information content (AvgIpc) is 3.10. The molecule has 37 heavy (non-hydrogen) atoms. The van der Waals surface area contributed by atoms with Crippen molar-refractivity contribution in [1.29, 1.82) is 0 Å². The summed E-state index contributed by atoms with van der Waals surface area (Å²) in [5, 5.41) is 29.7. The van der Waals surface area contributed by atoms with Gasteiger partial charge < -0.3 is 10.6 Å². The van der Waals surface area contributed by atoms with Gasteiger partial charge in [-0.2, -0.15) is 5.11 Å². The molecule has 6 rings (SSSR count). The van der Waals surface area contributed by atoms with Crippen molar-refractivity contribution in [2.45, 2.75) is 26.4 Å². The summed E-state index contributed by atoms with van der Waals surface area (Å²) in [5.74, 6) is 0.386. The molecule has 0 fully saturated rings. The van der Waals surface area contributed by atoms with Crippen LogP contribution in [0.25, 0.3) is 21.5 Å². The van der Waals surface area contributed by atoms with Crippen molar-refractivity contribution in [3.8, 4) is 0 Å². The number of nitrogens with zero attached hydrogens (tertiary/aromatic N) is 4. The monoisotopic (exact) mass is 484 g/mol. The number of nitrogens with one attached hydrogen (secondary N) is 2. The smallest absolute Gasteiger partial charge is 0.102 e. The van der Waals surface area contributed by atoms with E-state index in [-0.39, 0.29) is 5.66 Å². The zero-order valence-corrected chi connectivity index (χ0v) is 21.1. The maximum absolute atomic E-state index is 4.69. The van der Waals surface area contributed by atoms with Crippen molar-refractivity contribution in [2.75, 3.05) is 10.6 Å². The van der Waals surface area contributed by atoms with Crippen LogP contribution >= 0.6 is 0 Å². The summed E-state index contributed by atoms with van der Waals surface area (Å²) in [6.45, 7) is 6.39. The molecule has 1 aliphatic heterocycles. The van der Waals surface area contributed by atoms with Crippen LogP contribution in [0.4, 0.5) is 28.4 Å². The summed E-state index contributed by atoms with van der Waals surface area (Å²) in [4.78, 5) is 0. The Balaban J connectivity index is 1.36. The Hall–Kier alpha value is -4.58. The van der Waals surface area contributed by atoms with E-state index in [0.717, 1.165) is 55.7 Å². The minimum Gasteiger partial charge on any atom is -0.363 e. The molecule has 0 amide bonds. The average molecular weight is 485 g/mol. The third-order valence-electron chi connectivity index (χ3n) is 6.58. The van der Waals surface area contributed by atoms with Gasteiger partial charge in [0, 0.05) is 32.9 Å². The summed E-state index contributed by atoms with van der Waals surface area (Å²) < 4.78 is 0. The Labute approximate surface area is 216 Å². The molecule has 0 spiro atoms. The van der Waals surface area contributed by atoms with E-state index in [1.807, 2.05) is 60.7 Å². The highest BCUT2D eigenvalue weighted by atomic mass is 15.2. The first-order chi connectivity index (χ1) is 18.0. The topological polar surface area (TPSA) is 73.5 Å². The lowest BCUT2D eigenvalue weighted by Crippen LogP contribution is -2.41. The lowest BCUT2D eigenvalue weighted by atomic mass is 10.00. The van der Waals surface area contributed by atoms with Crippen molar-refractivity contribution in [3.05, 3.63) is 103 Å². The molecule has 0 bridgehead atoms. The van der Waals surface area contributed by atoms with Gasteiger partial charge >= 0.3 is 0 Å². The molecular weight excluding hydrogens is 456 g/mol. The lowest BCUT2D eigenvalue weighted by molar-refractivity contribution is 0.649. The number of allylic oxidation sites excluding steroid dienone is 5. The standard InChI is InChI=1S/C31H28N6/c1-20-8-6-9-21(15-14-20)34-35-25-16-17-26(23-11-5-4-10-22(23)25)36-37-27-18-19-29-30-24(27)12-7-13-28(30)32-31(2,3)33-29/h4-20,32-33H,1-3H3. The molecule has 0 aromatic heterocycles. The quantitative estimate of drug-likeness (QED) is 0.283. The van der Waals surface area contributed by atoms with Crippen LogP contribution in [-0.2, 0) is 0 Å². The first-order valence-corrected chi connectivity index (χ1v) is 12.5. The van der Waals surface area contributed by atoms with Gasteiger partial charge in [0.15, 0.2) is 0 Å².